The zero-order chi connectivity index (χ0) is 12.8. The quantitative estimate of drug-likeness (QED) is 0.736. The Hall–Kier alpha value is -1.76. The normalized spacial score (nSPS) is 12.0. The first-order chi connectivity index (χ1) is 8.10. The summed E-state index contributed by atoms with van der Waals surface area (Å²) < 4.78 is 23.0. The molecule has 1 aromatic rings. The number of carbonyl (C=O) groups is 1. The number of aromatic nitrogens is 2. The van der Waals surface area contributed by atoms with Crippen LogP contribution >= 0.6 is 0 Å². The van der Waals surface area contributed by atoms with Crippen molar-refractivity contribution in [2.24, 2.45) is 5.73 Å². The lowest BCUT2D eigenvalue weighted by atomic mass is 10.3. The van der Waals surface area contributed by atoms with Gasteiger partial charge in [-0.25, -0.2) is 4.98 Å². The molecule has 1 atom stereocenters. The maximum atomic E-state index is 13.6. The van der Waals surface area contributed by atoms with Crippen LogP contribution in [0, 0.1) is 5.82 Å². The van der Waals surface area contributed by atoms with Crippen molar-refractivity contribution in [3.05, 3.63) is 17.8 Å². The Kier molecular flexibility index (Phi) is 4.77. The van der Waals surface area contributed by atoms with Crippen molar-refractivity contribution in [1.29, 1.82) is 0 Å². The lowest BCUT2D eigenvalue weighted by Gasteiger charge is -2.11. The molecule has 1 heterocycles. The van der Waals surface area contributed by atoms with Gasteiger partial charge in [0, 0.05) is 0 Å². The van der Waals surface area contributed by atoms with Crippen LogP contribution in [0.2, 0.25) is 0 Å². The van der Waals surface area contributed by atoms with E-state index in [1.807, 2.05) is 0 Å². The smallest absolute Gasteiger partial charge is 0.326 e. The fourth-order valence-electron chi connectivity index (χ4n) is 1.12. The van der Waals surface area contributed by atoms with Gasteiger partial charge in [-0.15, -0.1) is 0 Å². The zero-order valence-electron chi connectivity index (χ0n) is 9.64. The highest BCUT2D eigenvalue weighted by Crippen LogP contribution is 2.15. The van der Waals surface area contributed by atoms with Crippen LogP contribution in [0.5, 0.6) is 5.88 Å². The summed E-state index contributed by atoms with van der Waals surface area (Å²) in [5, 5.41) is 0. The van der Waals surface area contributed by atoms with Gasteiger partial charge in [0.2, 0.25) is 5.82 Å². The standard InChI is InChI=1S/C10H14FN3O3/c1-3-7-8(11)9(14-5-13-7)17-4-6(12)10(15)16-2/h5-6H,3-4,12H2,1-2H3. The molecule has 0 aromatic carbocycles. The highest BCUT2D eigenvalue weighted by molar-refractivity contribution is 5.75. The van der Waals surface area contributed by atoms with Crippen molar-refractivity contribution < 1.29 is 18.7 Å². The van der Waals surface area contributed by atoms with Crippen LogP contribution in [0.3, 0.4) is 0 Å². The number of nitrogens with two attached hydrogens (primary N) is 1. The first-order valence-electron chi connectivity index (χ1n) is 5.05. The highest BCUT2D eigenvalue weighted by atomic mass is 19.1. The SMILES string of the molecule is CCc1ncnc(OCC(N)C(=O)OC)c1F. The predicted molar refractivity (Wildman–Crippen MR) is 56.9 cm³/mol. The van der Waals surface area contributed by atoms with Crippen LogP contribution in [0.25, 0.3) is 0 Å². The van der Waals surface area contributed by atoms with E-state index in [-0.39, 0.29) is 18.2 Å². The molecule has 0 spiro atoms. The Labute approximate surface area is 98.0 Å². The van der Waals surface area contributed by atoms with Gasteiger partial charge < -0.3 is 15.2 Å². The Morgan fingerprint density at radius 2 is 2.29 bits per heavy atom. The monoisotopic (exact) mass is 243 g/mol. The number of esters is 1. The topological polar surface area (TPSA) is 87.3 Å². The molecule has 0 aliphatic carbocycles. The van der Waals surface area contributed by atoms with E-state index in [4.69, 9.17) is 10.5 Å². The molecule has 94 valence electrons. The second-order valence-electron chi connectivity index (χ2n) is 3.23. The molecule has 0 aliphatic heterocycles. The molecular formula is C10H14FN3O3. The Bertz CT molecular complexity index is 400. The maximum Gasteiger partial charge on any atom is 0.326 e. The summed E-state index contributed by atoms with van der Waals surface area (Å²) in [7, 11) is 1.21. The second-order valence-corrected chi connectivity index (χ2v) is 3.23. The average Bonchev–Trinajstić information content (AvgIpc) is 2.36. The highest BCUT2D eigenvalue weighted by Gasteiger charge is 2.17. The number of carbonyl (C=O) groups excluding carboxylic acids is 1. The molecule has 0 saturated carbocycles. The fraction of sp³-hybridized carbons (Fsp3) is 0.500. The van der Waals surface area contributed by atoms with Gasteiger partial charge in [-0.05, 0) is 6.42 Å². The lowest BCUT2D eigenvalue weighted by Crippen LogP contribution is -2.37. The molecule has 0 fully saturated rings. The maximum absolute atomic E-state index is 13.6. The first kappa shape index (κ1) is 13.3. The van der Waals surface area contributed by atoms with Gasteiger partial charge in [-0.2, -0.15) is 9.37 Å². The van der Waals surface area contributed by atoms with Crippen LogP contribution in [-0.4, -0.2) is 35.7 Å². The first-order valence-corrected chi connectivity index (χ1v) is 5.05. The average molecular weight is 243 g/mol. The third-order valence-electron chi connectivity index (χ3n) is 2.07. The summed E-state index contributed by atoms with van der Waals surface area (Å²) >= 11 is 0. The summed E-state index contributed by atoms with van der Waals surface area (Å²) in [5.41, 5.74) is 5.68. The molecule has 0 amide bonds. The van der Waals surface area contributed by atoms with E-state index in [0.717, 1.165) is 0 Å². The number of halogens is 1. The predicted octanol–water partition coefficient (Wildman–Crippen LogP) is 0.0572. The largest absolute Gasteiger partial charge is 0.473 e. The van der Waals surface area contributed by atoms with E-state index in [1.54, 1.807) is 6.92 Å². The molecule has 7 heteroatoms. The van der Waals surface area contributed by atoms with Crippen molar-refractivity contribution in [2.45, 2.75) is 19.4 Å². The summed E-state index contributed by atoms with van der Waals surface area (Å²) in [5.74, 6) is -1.47. The second kappa shape index (κ2) is 6.09. The number of hydrogen-bond donors (Lipinski definition) is 1. The van der Waals surface area contributed by atoms with Gasteiger partial charge in [0.25, 0.3) is 5.88 Å². The van der Waals surface area contributed by atoms with Crippen LogP contribution in [-0.2, 0) is 16.0 Å². The number of rotatable bonds is 5. The number of nitrogens with zero attached hydrogens (tertiary/aromatic N) is 2. The Morgan fingerprint density at radius 3 is 2.88 bits per heavy atom. The van der Waals surface area contributed by atoms with Gasteiger partial charge in [0.1, 0.15) is 19.0 Å². The van der Waals surface area contributed by atoms with Crippen molar-refractivity contribution in [3.63, 3.8) is 0 Å². The third-order valence-corrected chi connectivity index (χ3v) is 2.07. The van der Waals surface area contributed by atoms with Crippen LogP contribution in [0.4, 0.5) is 4.39 Å². The van der Waals surface area contributed by atoms with E-state index in [0.29, 0.717) is 6.42 Å². The van der Waals surface area contributed by atoms with E-state index in [1.165, 1.54) is 13.4 Å². The molecule has 2 N–H and O–H groups in total. The van der Waals surface area contributed by atoms with E-state index in [2.05, 4.69) is 14.7 Å². The van der Waals surface area contributed by atoms with Gasteiger partial charge in [0.15, 0.2) is 0 Å². The summed E-state index contributed by atoms with van der Waals surface area (Å²) in [6.45, 7) is 1.55. The molecule has 0 saturated heterocycles. The van der Waals surface area contributed by atoms with Crippen molar-refractivity contribution in [2.75, 3.05) is 13.7 Å². The molecule has 6 nitrogen and oxygen atoms in total. The molecule has 0 bridgehead atoms. The van der Waals surface area contributed by atoms with Crippen LogP contribution in [0.1, 0.15) is 12.6 Å². The molecule has 17 heavy (non-hydrogen) atoms. The minimum atomic E-state index is -0.973. The molecule has 0 radical (unpaired) electrons. The summed E-state index contributed by atoms with van der Waals surface area (Å²) in [6.07, 6.45) is 1.62. The zero-order valence-corrected chi connectivity index (χ0v) is 9.64. The minimum absolute atomic E-state index is 0.205. The summed E-state index contributed by atoms with van der Waals surface area (Å²) in [6, 6.07) is -0.973. The van der Waals surface area contributed by atoms with Crippen LogP contribution < -0.4 is 10.5 Å². The van der Waals surface area contributed by atoms with E-state index >= 15 is 0 Å². The molecular weight excluding hydrogens is 229 g/mol. The van der Waals surface area contributed by atoms with Crippen molar-refractivity contribution >= 4 is 5.97 Å². The lowest BCUT2D eigenvalue weighted by molar-refractivity contribution is -0.142. The Balaban J connectivity index is 2.66. The number of ether oxygens (including phenoxy) is 2. The fourth-order valence-corrected chi connectivity index (χ4v) is 1.12. The minimum Gasteiger partial charge on any atom is -0.473 e. The van der Waals surface area contributed by atoms with Crippen LogP contribution in [0.15, 0.2) is 6.33 Å². The van der Waals surface area contributed by atoms with E-state index < -0.39 is 17.8 Å². The number of hydrogen-bond acceptors (Lipinski definition) is 6. The third kappa shape index (κ3) is 3.35. The van der Waals surface area contributed by atoms with Crippen molar-refractivity contribution in [3.8, 4) is 5.88 Å². The Morgan fingerprint density at radius 1 is 1.59 bits per heavy atom. The molecule has 1 aromatic heterocycles. The van der Waals surface area contributed by atoms with Gasteiger partial charge in [-0.3, -0.25) is 4.79 Å². The number of aryl methyl sites for hydroxylation is 1. The summed E-state index contributed by atoms with van der Waals surface area (Å²) in [4.78, 5) is 18.4. The molecule has 1 rings (SSSR count). The van der Waals surface area contributed by atoms with E-state index in [9.17, 15) is 9.18 Å². The molecule has 0 aliphatic rings. The van der Waals surface area contributed by atoms with Gasteiger partial charge >= 0.3 is 5.97 Å². The van der Waals surface area contributed by atoms with Gasteiger partial charge in [-0.1, -0.05) is 6.92 Å². The van der Waals surface area contributed by atoms with Gasteiger partial charge in [0.05, 0.1) is 12.8 Å². The van der Waals surface area contributed by atoms with Crippen molar-refractivity contribution in [1.82, 2.24) is 9.97 Å². The molecule has 1 unspecified atom stereocenters. The number of methoxy groups -OCH3 is 1.